The number of hydrogen-bond donors (Lipinski definition) is 1. The number of halogens is 1. The smallest absolute Gasteiger partial charge is 0.270 e. The average Bonchev–Trinajstić information content (AvgIpc) is 2.63. The Morgan fingerprint density at radius 1 is 1.47 bits per heavy atom. The Kier molecular flexibility index (Phi) is 3.94. The van der Waals surface area contributed by atoms with Crippen molar-refractivity contribution in [1.82, 2.24) is 14.7 Å². The highest BCUT2D eigenvalue weighted by atomic mass is 79.9. The summed E-state index contributed by atoms with van der Waals surface area (Å²) in [6.07, 6.45) is 1.88. The van der Waals surface area contributed by atoms with Crippen molar-refractivity contribution < 1.29 is 4.79 Å². The van der Waals surface area contributed by atoms with Crippen LogP contribution in [0.1, 0.15) is 35.6 Å². The van der Waals surface area contributed by atoms with Crippen LogP contribution in [0.3, 0.4) is 0 Å². The highest BCUT2D eigenvalue weighted by molar-refractivity contribution is 9.10. The first-order valence-corrected chi connectivity index (χ1v) is 7.12. The number of aryl methyl sites for hydroxylation is 2. The number of amides is 1. The highest BCUT2D eigenvalue weighted by Crippen LogP contribution is 2.20. The van der Waals surface area contributed by atoms with E-state index < -0.39 is 0 Å². The molecule has 1 amide bonds. The first-order chi connectivity index (χ1) is 8.90. The van der Waals surface area contributed by atoms with E-state index in [0.29, 0.717) is 18.2 Å². The van der Waals surface area contributed by atoms with Crippen LogP contribution in [0.15, 0.2) is 16.7 Å². The van der Waals surface area contributed by atoms with Crippen LogP contribution in [0, 0.1) is 19.8 Å². The average molecular weight is 324 g/mol. The maximum Gasteiger partial charge on any atom is 0.270 e. The first kappa shape index (κ1) is 14.1. The van der Waals surface area contributed by atoms with Gasteiger partial charge in [-0.05, 0) is 47.3 Å². The van der Waals surface area contributed by atoms with Crippen molar-refractivity contribution in [3.05, 3.63) is 33.7 Å². The van der Waals surface area contributed by atoms with Crippen LogP contribution >= 0.6 is 15.9 Å². The van der Waals surface area contributed by atoms with Gasteiger partial charge in [-0.2, -0.15) is 0 Å². The molecular weight excluding hydrogens is 306 g/mol. The van der Waals surface area contributed by atoms with Crippen LogP contribution in [0.5, 0.6) is 0 Å². The van der Waals surface area contributed by atoms with Crippen LogP contribution < -0.4 is 5.32 Å². The number of imidazole rings is 1. The second-order valence-electron chi connectivity index (χ2n) is 5.18. The Morgan fingerprint density at radius 2 is 2.16 bits per heavy atom. The van der Waals surface area contributed by atoms with Crippen molar-refractivity contribution in [3.8, 4) is 0 Å². The highest BCUT2D eigenvalue weighted by Gasteiger charge is 2.17. The molecule has 1 N–H and O–H groups in total. The van der Waals surface area contributed by atoms with Crippen LogP contribution in [0.25, 0.3) is 5.65 Å². The minimum atomic E-state index is -0.0730. The van der Waals surface area contributed by atoms with Crippen molar-refractivity contribution in [2.24, 2.45) is 5.92 Å². The molecule has 0 saturated carbocycles. The van der Waals surface area contributed by atoms with Gasteiger partial charge in [0.1, 0.15) is 11.3 Å². The number of nitrogens with one attached hydrogen (secondary N) is 1. The third-order valence-corrected chi connectivity index (χ3v) is 3.36. The summed E-state index contributed by atoms with van der Waals surface area (Å²) in [6.45, 7) is 8.66. The predicted octanol–water partition coefficient (Wildman–Crippen LogP) is 3.10. The monoisotopic (exact) mass is 323 g/mol. The number of fused-ring (bicyclic) bond motifs is 1. The SMILES string of the molecule is Cc1nc2c(C)cc(Br)cn2c1C(=O)NCC(C)C. The first-order valence-electron chi connectivity index (χ1n) is 6.33. The third kappa shape index (κ3) is 2.81. The van der Waals surface area contributed by atoms with Gasteiger partial charge in [-0.1, -0.05) is 13.8 Å². The largest absolute Gasteiger partial charge is 0.350 e. The zero-order valence-electron chi connectivity index (χ0n) is 11.6. The number of rotatable bonds is 3. The molecule has 0 fully saturated rings. The second-order valence-corrected chi connectivity index (χ2v) is 6.10. The molecule has 0 spiro atoms. The fourth-order valence-corrected chi connectivity index (χ4v) is 2.58. The molecule has 2 aromatic heterocycles. The summed E-state index contributed by atoms with van der Waals surface area (Å²) in [5, 5.41) is 2.94. The van der Waals surface area contributed by atoms with Crippen molar-refractivity contribution in [2.75, 3.05) is 6.54 Å². The minimum Gasteiger partial charge on any atom is -0.350 e. The van der Waals surface area contributed by atoms with E-state index in [2.05, 4.69) is 40.1 Å². The lowest BCUT2D eigenvalue weighted by atomic mass is 10.2. The molecule has 2 rings (SSSR count). The fourth-order valence-electron chi connectivity index (χ4n) is 2.04. The molecule has 0 unspecified atom stereocenters. The van der Waals surface area contributed by atoms with E-state index in [-0.39, 0.29) is 5.91 Å². The quantitative estimate of drug-likeness (QED) is 0.943. The van der Waals surface area contributed by atoms with Gasteiger partial charge >= 0.3 is 0 Å². The van der Waals surface area contributed by atoms with Crippen LogP contribution in [0.4, 0.5) is 0 Å². The molecule has 4 nitrogen and oxygen atoms in total. The lowest BCUT2D eigenvalue weighted by molar-refractivity contribution is 0.0942. The summed E-state index contributed by atoms with van der Waals surface area (Å²) in [4.78, 5) is 16.8. The molecule has 0 atom stereocenters. The molecule has 2 heterocycles. The predicted molar refractivity (Wildman–Crippen MR) is 79.5 cm³/mol. The molecule has 102 valence electrons. The Bertz CT molecular complexity index is 631. The van der Waals surface area contributed by atoms with Crippen molar-refractivity contribution in [2.45, 2.75) is 27.7 Å². The zero-order valence-corrected chi connectivity index (χ0v) is 13.2. The number of carbonyl (C=O) groups excluding carboxylic acids is 1. The molecule has 19 heavy (non-hydrogen) atoms. The number of pyridine rings is 1. The summed E-state index contributed by atoms with van der Waals surface area (Å²) in [6, 6.07) is 2.00. The number of nitrogens with zero attached hydrogens (tertiary/aromatic N) is 2. The standard InChI is InChI=1S/C14H18BrN3O/c1-8(2)6-16-14(19)12-10(4)17-13-9(3)5-11(15)7-18(12)13/h5,7-8H,6H2,1-4H3,(H,16,19). The molecule has 0 radical (unpaired) electrons. The topological polar surface area (TPSA) is 46.4 Å². The molecule has 0 aliphatic heterocycles. The second kappa shape index (κ2) is 5.33. The van der Waals surface area contributed by atoms with E-state index in [1.165, 1.54) is 0 Å². The molecule has 5 heteroatoms. The van der Waals surface area contributed by atoms with Crippen molar-refractivity contribution >= 4 is 27.5 Å². The molecule has 0 aromatic carbocycles. The molecule has 0 aliphatic rings. The summed E-state index contributed by atoms with van der Waals surface area (Å²) < 4.78 is 2.79. The zero-order chi connectivity index (χ0) is 14.2. The van der Waals surface area contributed by atoms with Crippen molar-refractivity contribution in [1.29, 1.82) is 0 Å². The van der Waals surface area contributed by atoms with E-state index in [0.717, 1.165) is 21.4 Å². The summed E-state index contributed by atoms with van der Waals surface area (Å²) in [5.41, 5.74) is 3.23. The summed E-state index contributed by atoms with van der Waals surface area (Å²) in [5.74, 6) is 0.355. The van der Waals surface area contributed by atoms with Gasteiger partial charge in [0.2, 0.25) is 0 Å². The number of hydrogen-bond acceptors (Lipinski definition) is 2. The van der Waals surface area contributed by atoms with E-state index in [1.54, 1.807) is 0 Å². The lowest BCUT2D eigenvalue weighted by Gasteiger charge is -2.08. The number of aromatic nitrogens is 2. The summed E-state index contributed by atoms with van der Waals surface area (Å²) >= 11 is 3.46. The van der Waals surface area contributed by atoms with Crippen LogP contribution in [0.2, 0.25) is 0 Å². The molecule has 2 aromatic rings. The van der Waals surface area contributed by atoms with Crippen LogP contribution in [-0.4, -0.2) is 21.8 Å². The maximum absolute atomic E-state index is 12.3. The maximum atomic E-state index is 12.3. The van der Waals surface area contributed by atoms with Gasteiger partial charge in [0.25, 0.3) is 5.91 Å². The van der Waals surface area contributed by atoms with E-state index >= 15 is 0 Å². The van der Waals surface area contributed by atoms with Gasteiger partial charge in [-0.15, -0.1) is 0 Å². The van der Waals surface area contributed by atoms with Crippen molar-refractivity contribution in [3.63, 3.8) is 0 Å². The fraction of sp³-hybridized carbons (Fsp3) is 0.429. The Balaban J connectivity index is 2.48. The van der Waals surface area contributed by atoms with Gasteiger partial charge in [-0.25, -0.2) is 4.98 Å². The van der Waals surface area contributed by atoms with Gasteiger partial charge < -0.3 is 5.32 Å². The van der Waals surface area contributed by atoms with Gasteiger partial charge in [-0.3, -0.25) is 9.20 Å². The molecular formula is C14H18BrN3O. The minimum absolute atomic E-state index is 0.0730. The van der Waals surface area contributed by atoms with Gasteiger partial charge in [0.15, 0.2) is 0 Å². The van der Waals surface area contributed by atoms with Gasteiger partial charge in [0.05, 0.1) is 5.69 Å². The van der Waals surface area contributed by atoms with E-state index in [1.807, 2.05) is 30.5 Å². The lowest BCUT2D eigenvalue weighted by Crippen LogP contribution is -2.28. The van der Waals surface area contributed by atoms with Gasteiger partial charge in [0, 0.05) is 17.2 Å². The summed E-state index contributed by atoms with van der Waals surface area (Å²) in [7, 11) is 0. The van der Waals surface area contributed by atoms with E-state index in [9.17, 15) is 4.79 Å². The Labute approximate surface area is 121 Å². The van der Waals surface area contributed by atoms with Crippen LogP contribution in [-0.2, 0) is 0 Å². The molecule has 0 aliphatic carbocycles. The third-order valence-electron chi connectivity index (χ3n) is 2.93. The number of carbonyl (C=O) groups is 1. The van der Waals surface area contributed by atoms with E-state index in [4.69, 9.17) is 0 Å². The Morgan fingerprint density at radius 3 is 2.79 bits per heavy atom. The Hall–Kier alpha value is -1.36. The molecule has 0 saturated heterocycles. The normalized spacial score (nSPS) is 11.3. The molecule has 0 bridgehead atoms.